The fraction of sp³-hybridized carbons (Fsp3) is 0.836. The molecule has 25 rings (SSSR count). The Hall–Kier alpha value is -4.02. The van der Waals surface area contributed by atoms with Crippen molar-refractivity contribution in [2.45, 2.75) is 410 Å². The van der Waals surface area contributed by atoms with E-state index in [0.717, 1.165) is 249 Å². The van der Waals surface area contributed by atoms with E-state index in [9.17, 15) is 67.1 Å². The largest absolute Gasteiger partial charge is 0.417 e. The molecule has 0 aliphatic heterocycles. The number of hydrogen-bond donors (Lipinski definition) is 5. The summed E-state index contributed by atoms with van der Waals surface area (Å²) in [6.07, 6.45) is 55.0. The van der Waals surface area contributed by atoms with Crippen LogP contribution in [0.5, 0.6) is 0 Å². The first-order valence-corrected chi connectivity index (χ1v) is 63.5. The number of carbonyl (C=O) groups excluding carboxylic acids is 5. The highest BCUT2D eigenvalue weighted by Crippen LogP contribution is 2.73. The number of nitrogens with zero attached hydrogens (tertiary/aromatic N) is 5. The number of aliphatic hydroxyl groups is 5. The maximum absolute atomic E-state index is 13.4. The lowest BCUT2D eigenvalue weighted by atomic mass is 9.48. The molecular formula is C122H175F4N5O11S5. The Morgan fingerprint density at radius 1 is 0.306 bits per heavy atom. The Bertz CT molecular complexity index is 5190. The van der Waals surface area contributed by atoms with Gasteiger partial charge >= 0.3 is 6.18 Å². The number of methoxy groups -OCH3 is 1. The molecule has 5 aromatic rings. The number of thiazole rings is 5. The van der Waals surface area contributed by atoms with Crippen LogP contribution in [0.25, 0.3) is 0 Å². The minimum Gasteiger partial charge on any atom is -0.390 e. The van der Waals surface area contributed by atoms with Crippen LogP contribution in [0.2, 0.25) is 0 Å². The monoisotopic (exact) mass is 2120 g/mol. The molecular weight excluding hydrogens is 1950 g/mol. The fourth-order valence-corrected chi connectivity index (χ4v) is 44.8. The summed E-state index contributed by atoms with van der Waals surface area (Å²) in [5, 5.41) is 67.7. The maximum atomic E-state index is 13.4. The van der Waals surface area contributed by atoms with Crippen LogP contribution in [-0.2, 0) is 60.8 Å². The van der Waals surface area contributed by atoms with Crippen LogP contribution in [-0.4, -0.2) is 134 Å². The summed E-state index contributed by atoms with van der Waals surface area (Å²) in [5.41, 5.74) is -4.21. The number of rotatable bonds is 19. The average Bonchev–Trinajstić information content (AvgIpc) is 1.63. The first-order valence-electron chi connectivity index (χ1n) is 59.1. The molecule has 5 aromatic heterocycles. The van der Waals surface area contributed by atoms with Gasteiger partial charge in [0.05, 0.1) is 86.2 Å². The van der Waals surface area contributed by atoms with E-state index < -0.39 is 40.9 Å². The van der Waals surface area contributed by atoms with E-state index in [1.165, 1.54) is 140 Å². The van der Waals surface area contributed by atoms with Gasteiger partial charge in [0, 0.05) is 94.6 Å². The van der Waals surface area contributed by atoms with Gasteiger partial charge in [-0.2, -0.15) is 13.2 Å². The van der Waals surface area contributed by atoms with Gasteiger partial charge in [-0.05, 0) is 477 Å². The van der Waals surface area contributed by atoms with E-state index >= 15 is 0 Å². The number of ketones is 5. The lowest BCUT2D eigenvalue weighted by Gasteiger charge is -2.57. The maximum Gasteiger partial charge on any atom is 0.417 e. The predicted molar refractivity (Wildman–Crippen MR) is 572 cm³/mol. The SMILES string of the molecule is CC[C@@]1(O)CC[C@H]2[C@H](CC[C@@H]3[C@@H]2CC[C@]2(C)[C@@H](C(=O)Cc4nccs4)CC[C@@H]32)C1.COC[C@@]1(O)CC[C@H]2[C@H](CC[C@@H]3[C@@H]2CC[C@]2(C)[C@@H](C(=O)Cc4nccs4)CC[C@@H]32)C1.C[C@@]1(O)CC[C@H]2[C@H](CC[C@@H]3[C@@H]2CC[C@]2(C)[C@@H](C(=O)Cc4nccs4)CC[C@@H]32)C1.C[C@]12CC[C@H]3[C@@H](CC[C@@H]4C[C@@](O)(C(F)(F)F)CC[C@@H]43)[C@@H]1CC[C@@H]2C(=O)Cc1nccs1.C[C@]12CC[C@H]3[C@@H](CC[C@@H]4C[C@@](O)(CF)CC[C@@H]43)[C@@H]1CC[C@@H]2C(=O)Cc1nccs1. The number of fused-ring (bicyclic) bond motifs is 25. The van der Waals surface area contributed by atoms with Crippen LogP contribution in [0.4, 0.5) is 17.6 Å². The Balaban J connectivity index is 0.000000108. The highest BCUT2D eigenvalue weighted by Gasteiger charge is 2.68. The van der Waals surface area contributed by atoms with Crippen molar-refractivity contribution in [3.8, 4) is 0 Å². The van der Waals surface area contributed by atoms with Crippen molar-refractivity contribution in [3.05, 3.63) is 82.9 Å². The summed E-state index contributed by atoms with van der Waals surface area (Å²) < 4.78 is 58.9. The number of aromatic nitrogens is 5. The molecule has 25 heteroatoms. The summed E-state index contributed by atoms with van der Waals surface area (Å²) in [6, 6.07) is 0. The van der Waals surface area contributed by atoms with Gasteiger partial charge in [0.1, 0.15) is 35.6 Å². The number of Topliss-reactive ketones (excluding diaryl/α,β-unsaturated/α-hetero) is 5. The zero-order valence-electron chi connectivity index (χ0n) is 89.5. The minimum atomic E-state index is -4.53. The first-order chi connectivity index (χ1) is 70.3. The summed E-state index contributed by atoms with van der Waals surface area (Å²) in [6.45, 7) is 16.1. The van der Waals surface area contributed by atoms with Crippen molar-refractivity contribution in [2.24, 2.45) is 205 Å². The molecule has 0 amide bonds. The van der Waals surface area contributed by atoms with E-state index in [-0.39, 0.29) is 75.4 Å². The van der Waals surface area contributed by atoms with Gasteiger partial charge < -0.3 is 30.3 Å². The quantitative estimate of drug-likeness (QED) is 0.0481. The summed E-state index contributed by atoms with van der Waals surface area (Å²) in [5.74, 6) is 19.8. The third kappa shape index (κ3) is 20.9. The molecule has 16 nitrogen and oxygen atoms in total. The second kappa shape index (κ2) is 43.1. The topological polar surface area (TPSA) is 260 Å². The second-order valence-electron chi connectivity index (χ2n) is 54.7. The van der Waals surface area contributed by atoms with Crippen molar-refractivity contribution in [2.75, 3.05) is 20.4 Å². The number of halogens is 4. The average molecular weight is 2120 g/mol. The second-order valence-corrected chi connectivity index (χ2v) is 59.6. The zero-order valence-corrected chi connectivity index (χ0v) is 93.6. The third-order valence-corrected chi connectivity index (χ3v) is 52.3. The highest BCUT2D eigenvalue weighted by molar-refractivity contribution is 7.10. The van der Waals surface area contributed by atoms with Crippen molar-refractivity contribution < 1.29 is 71.8 Å². The van der Waals surface area contributed by atoms with Gasteiger partial charge in [-0.15, -0.1) is 56.7 Å². The van der Waals surface area contributed by atoms with Gasteiger partial charge in [-0.25, -0.2) is 29.3 Å². The number of ether oxygens (including phenoxy) is 1. The summed E-state index contributed by atoms with van der Waals surface area (Å²) in [7, 11) is 1.70. The zero-order chi connectivity index (χ0) is 103. The molecule has 5 N–H and O–H groups in total. The molecule has 0 aromatic carbocycles. The number of hydrogen-bond acceptors (Lipinski definition) is 21. The Kier molecular flexibility index (Phi) is 31.8. The first kappa shape index (κ1) is 109. The lowest BCUT2D eigenvalue weighted by molar-refractivity contribution is -0.282. The highest BCUT2D eigenvalue weighted by atomic mass is 32.1. The number of carbonyl (C=O) groups is 5. The molecule has 812 valence electrons. The number of alkyl halides is 4. The molecule has 40 atom stereocenters. The normalized spacial score (nSPS) is 46.2. The van der Waals surface area contributed by atoms with Gasteiger partial charge in [-0.3, -0.25) is 24.0 Å². The van der Waals surface area contributed by atoms with Crippen molar-refractivity contribution >= 4 is 85.6 Å². The van der Waals surface area contributed by atoms with E-state index in [4.69, 9.17) is 4.74 Å². The smallest absolute Gasteiger partial charge is 0.390 e. The van der Waals surface area contributed by atoms with Crippen LogP contribution in [0, 0.1) is 205 Å². The van der Waals surface area contributed by atoms with E-state index in [1.54, 1.807) is 64.9 Å². The standard InChI is InChI=1S/C25H37NO3S.C25H37NO2S.C24H32F3NO2S.C24H34FNO2S.C24H35NO2S/c1-24-9-7-18-17-8-10-25(28,15-29-2)14-16(17)3-4-19(18)20(24)5-6-21(24)22(27)13-23-26-11-12-30-23;1-3-25(28)11-9-17-16(15-25)4-5-19-18(17)8-10-24(2)20(19)6-7-21(24)22(27)14-23-26-12-13-29-23;1-22-8-6-16-15-7-9-23(30,24(25,26)27)13-14(15)2-3-17(16)18(22)4-5-19(22)20(29)12-21-28-10-11-31-21;1-23-8-6-17-16-7-9-24(28,14-25)13-15(16)2-3-18(17)19(23)4-5-20(23)21(27)12-22-26-10-11-29-22;1-23(27)9-7-16-15(14-23)3-4-18-17(16)8-10-24(2)19(18)5-6-20(24)21(26)13-22-25-11-12-28-22/h11-12,16-21,28H,3-10,13-15H2,1-2H3;12-13,16-21,28H,3-11,14-15H2,1-2H3;10-11,14-19,30H,2-9,12-13H2,1H3;10-11,15-20,28H,2-9,12-14H2,1H3;11-12,15-20,27H,3-10,13-14H2,1-2H3/t2*16-,17+,18-,19-,20+,21-,24+,25-;14-,15+,16-,17-,18+,19-,22+,23-;15-,16+,17-,18-,19+,20-,23+,24-;15-,16+,17-,18-,19+,20-,23-,24+/m11111/s1. The molecule has 20 aliphatic rings. The van der Waals surface area contributed by atoms with Crippen LogP contribution >= 0.6 is 56.7 Å². The minimum absolute atomic E-state index is 0.0176. The molecule has 0 spiro atoms. The molecule has 20 saturated carbocycles. The Morgan fingerprint density at radius 2 is 0.551 bits per heavy atom. The summed E-state index contributed by atoms with van der Waals surface area (Å²) in [4.78, 5) is 87.6. The van der Waals surface area contributed by atoms with Crippen LogP contribution in [0.1, 0.15) is 369 Å². The van der Waals surface area contributed by atoms with E-state index in [2.05, 4.69) is 66.5 Å². The summed E-state index contributed by atoms with van der Waals surface area (Å²) >= 11 is 7.97. The molecule has 0 bridgehead atoms. The molecule has 5 heterocycles. The van der Waals surface area contributed by atoms with Crippen molar-refractivity contribution in [1.82, 2.24) is 24.9 Å². The third-order valence-electron chi connectivity index (χ3n) is 48.4. The molecule has 147 heavy (non-hydrogen) atoms. The van der Waals surface area contributed by atoms with E-state index in [1.807, 2.05) is 52.4 Å². The fourth-order valence-electron chi connectivity index (χ4n) is 41.7. The van der Waals surface area contributed by atoms with Crippen LogP contribution in [0.3, 0.4) is 0 Å². The predicted octanol–water partition coefficient (Wildman–Crippen LogP) is 26.9. The lowest BCUT2D eigenvalue weighted by Crippen LogP contribution is -2.55. The van der Waals surface area contributed by atoms with Gasteiger partial charge in [-0.1, -0.05) is 41.5 Å². The molecule has 0 saturated heterocycles. The van der Waals surface area contributed by atoms with Gasteiger partial charge in [0.2, 0.25) is 0 Å². The Labute approximate surface area is 893 Å². The molecule has 0 unspecified atom stereocenters. The van der Waals surface area contributed by atoms with E-state index in [0.29, 0.717) is 140 Å². The van der Waals surface area contributed by atoms with Gasteiger partial charge in [0.15, 0.2) is 5.60 Å². The molecule has 0 radical (unpaired) electrons. The van der Waals surface area contributed by atoms with Crippen LogP contribution in [0.15, 0.2) is 57.9 Å². The van der Waals surface area contributed by atoms with Crippen LogP contribution < -0.4 is 0 Å². The molecule has 20 aliphatic carbocycles. The Morgan fingerprint density at radius 3 is 0.816 bits per heavy atom. The molecule has 20 fully saturated rings. The van der Waals surface area contributed by atoms with Crippen molar-refractivity contribution in [1.29, 1.82) is 0 Å². The van der Waals surface area contributed by atoms with Crippen molar-refractivity contribution in [3.63, 3.8) is 0 Å². The van der Waals surface area contributed by atoms with Gasteiger partial charge in [0.25, 0.3) is 0 Å².